The van der Waals surface area contributed by atoms with Crippen molar-refractivity contribution in [3.05, 3.63) is 30.4 Å². The van der Waals surface area contributed by atoms with E-state index in [1.807, 2.05) is 17.7 Å². The second kappa shape index (κ2) is 3.39. The van der Waals surface area contributed by atoms with Gasteiger partial charge in [-0.05, 0) is 12.2 Å². The average molecular weight is 162 g/mol. The maximum atomic E-state index is 4.39. The van der Waals surface area contributed by atoms with Gasteiger partial charge in [-0.25, -0.2) is 4.98 Å². The van der Waals surface area contributed by atoms with Crippen molar-refractivity contribution in [3.63, 3.8) is 0 Å². The summed E-state index contributed by atoms with van der Waals surface area (Å²) >= 11 is 0. The molecule has 2 heteroatoms. The first-order valence-corrected chi connectivity index (χ1v) is 4.05. The molecule has 0 fully saturated rings. The topological polar surface area (TPSA) is 17.8 Å². The van der Waals surface area contributed by atoms with Crippen LogP contribution in [-0.4, -0.2) is 9.55 Å². The molecule has 0 saturated carbocycles. The second-order valence-corrected chi connectivity index (χ2v) is 2.62. The Bertz CT molecular complexity index is 308. The quantitative estimate of drug-likeness (QED) is 0.666. The third kappa shape index (κ3) is 1.20. The molecule has 0 saturated heterocycles. The summed E-state index contributed by atoms with van der Waals surface area (Å²) in [6.07, 6.45) is 4.50. The molecule has 64 valence electrons. The van der Waals surface area contributed by atoms with Gasteiger partial charge < -0.3 is 4.57 Å². The predicted molar refractivity (Wildman–Crippen MR) is 52.8 cm³/mol. The molecule has 1 rings (SSSR count). The minimum absolute atomic E-state index is 0.921. The zero-order chi connectivity index (χ0) is 9.14. The standard InChI is InChI=1S/C10H14N2/c1-5-8-9(6-2)12(4)10(7-3)11-8/h5-6H,1-2,7H2,3-4H3. The van der Waals surface area contributed by atoms with Gasteiger partial charge in [0.15, 0.2) is 0 Å². The molecule has 0 N–H and O–H groups in total. The largest absolute Gasteiger partial charge is 0.331 e. The lowest BCUT2D eigenvalue weighted by Gasteiger charge is -1.98. The van der Waals surface area contributed by atoms with E-state index < -0.39 is 0 Å². The van der Waals surface area contributed by atoms with Crippen LogP contribution >= 0.6 is 0 Å². The summed E-state index contributed by atoms with van der Waals surface area (Å²) in [5.74, 6) is 1.07. The lowest BCUT2D eigenvalue weighted by Crippen LogP contribution is -1.97. The minimum Gasteiger partial charge on any atom is -0.331 e. The molecule has 0 aliphatic carbocycles. The van der Waals surface area contributed by atoms with Crippen LogP contribution < -0.4 is 0 Å². The van der Waals surface area contributed by atoms with Crippen molar-refractivity contribution in [1.82, 2.24) is 9.55 Å². The van der Waals surface area contributed by atoms with Crippen molar-refractivity contribution in [1.29, 1.82) is 0 Å². The fraction of sp³-hybridized carbons (Fsp3) is 0.300. The molecule has 1 heterocycles. The van der Waals surface area contributed by atoms with E-state index in [2.05, 4.69) is 25.1 Å². The molecule has 0 unspecified atom stereocenters. The molecule has 0 aliphatic rings. The van der Waals surface area contributed by atoms with Crippen LogP contribution in [0.4, 0.5) is 0 Å². The summed E-state index contributed by atoms with van der Waals surface area (Å²) in [6.45, 7) is 9.53. The SMILES string of the molecule is C=Cc1nc(CC)n(C)c1C=C. The Hall–Kier alpha value is -1.31. The van der Waals surface area contributed by atoms with Gasteiger partial charge in [-0.2, -0.15) is 0 Å². The van der Waals surface area contributed by atoms with Gasteiger partial charge in [0.05, 0.1) is 11.4 Å². The molecule has 0 aromatic carbocycles. The van der Waals surface area contributed by atoms with Gasteiger partial charge in [-0.1, -0.05) is 20.1 Å². The van der Waals surface area contributed by atoms with Crippen molar-refractivity contribution in [2.75, 3.05) is 0 Å². The third-order valence-corrected chi connectivity index (χ3v) is 1.96. The highest BCUT2D eigenvalue weighted by Crippen LogP contribution is 2.13. The Balaban J connectivity index is 3.31. The van der Waals surface area contributed by atoms with Gasteiger partial charge in [0.2, 0.25) is 0 Å². The number of nitrogens with zero attached hydrogens (tertiary/aromatic N) is 2. The number of imidazole rings is 1. The highest BCUT2D eigenvalue weighted by molar-refractivity contribution is 5.58. The molecule has 12 heavy (non-hydrogen) atoms. The maximum Gasteiger partial charge on any atom is 0.109 e. The predicted octanol–water partition coefficient (Wildman–Crippen LogP) is 2.27. The normalized spacial score (nSPS) is 9.83. The highest BCUT2D eigenvalue weighted by atomic mass is 15.1. The van der Waals surface area contributed by atoms with E-state index in [-0.39, 0.29) is 0 Å². The van der Waals surface area contributed by atoms with E-state index in [9.17, 15) is 0 Å². The minimum atomic E-state index is 0.921. The van der Waals surface area contributed by atoms with E-state index in [0.29, 0.717) is 0 Å². The van der Waals surface area contributed by atoms with Crippen LogP contribution in [0, 0.1) is 0 Å². The van der Waals surface area contributed by atoms with Crippen LogP contribution in [0.5, 0.6) is 0 Å². The van der Waals surface area contributed by atoms with Gasteiger partial charge in [0.25, 0.3) is 0 Å². The smallest absolute Gasteiger partial charge is 0.109 e. The summed E-state index contributed by atoms with van der Waals surface area (Å²) in [5.41, 5.74) is 1.96. The molecule has 0 amide bonds. The Morgan fingerprint density at radius 3 is 2.42 bits per heavy atom. The molecular weight excluding hydrogens is 148 g/mol. The molecule has 0 atom stereocenters. The van der Waals surface area contributed by atoms with E-state index in [0.717, 1.165) is 23.6 Å². The zero-order valence-corrected chi connectivity index (χ0v) is 7.67. The number of rotatable bonds is 3. The molecule has 1 aromatic rings. The van der Waals surface area contributed by atoms with Gasteiger partial charge in [0, 0.05) is 13.5 Å². The summed E-state index contributed by atoms with van der Waals surface area (Å²) in [7, 11) is 2.00. The summed E-state index contributed by atoms with van der Waals surface area (Å²) in [5, 5.41) is 0. The van der Waals surface area contributed by atoms with Crippen LogP contribution in [0.3, 0.4) is 0 Å². The van der Waals surface area contributed by atoms with Crippen LogP contribution in [0.2, 0.25) is 0 Å². The Morgan fingerprint density at radius 2 is 2.08 bits per heavy atom. The summed E-state index contributed by atoms with van der Waals surface area (Å²) in [6, 6.07) is 0. The van der Waals surface area contributed by atoms with E-state index >= 15 is 0 Å². The van der Waals surface area contributed by atoms with Gasteiger partial charge in [-0.3, -0.25) is 0 Å². The molecule has 0 bridgehead atoms. The van der Waals surface area contributed by atoms with Crippen LogP contribution in [0.25, 0.3) is 12.2 Å². The summed E-state index contributed by atoms with van der Waals surface area (Å²) < 4.78 is 2.05. The van der Waals surface area contributed by atoms with Gasteiger partial charge >= 0.3 is 0 Å². The number of aromatic nitrogens is 2. The molecule has 0 spiro atoms. The van der Waals surface area contributed by atoms with Crippen LogP contribution in [0.15, 0.2) is 13.2 Å². The first-order valence-electron chi connectivity index (χ1n) is 4.05. The average Bonchev–Trinajstić information content (AvgIpc) is 2.41. The summed E-state index contributed by atoms with van der Waals surface area (Å²) in [4.78, 5) is 4.39. The number of aryl methyl sites for hydroxylation is 1. The van der Waals surface area contributed by atoms with Crippen molar-refractivity contribution < 1.29 is 0 Å². The van der Waals surface area contributed by atoms with E-state index in [1.165, 1.54) is 0 Å². The Labute approximate surface area is 73.2 Å². The lowest BCUT2D eigenvalue weighted by molar-refractivity contribution is 0.802. The third-order valence-electron chi connectivity index (χ3n) is 1.96. The van der Waals surface area contributed by atoms with Crippen molar-refractivity contribution >= 4 is 12.2 Å². The molecular formula is C10H14N2. The lowest BCUT2D eigenvalue weighted by atomic mass is 10.3. The molecule has 0 radical (unpaired) electrons. The fourth-order valence-corrected chi connectivity index (χ4v) is 1.29. The van der Waals surface area contributed by atoms with Gasteiger partial charge in [-0.15, -0.1) is 0 Å². The first kappa shape index (κ1) is 8.78. The monoisotopic (exact) mass is 162 g/mol. The van der Waals surface area contributed by atoms with Crippen molar-refractivity contribution in [2.24, 2.45) is 7.05 Å². The van der Waals surface area contributed by atoms with E-state index in [1.54, 1.807) is 6.08 Å². The first-order chi connectivity index (χ1) is 5.74. The Kier molecular flexibility index (Phi) is 2.48. The van der Waals surface area contributed by atoms with Crippen molar-refractivity contribution in [2.45, 2.75) is 13.3 Å². The van der Waals surface area contributed by atoms with Gasteiger partial charge in [0.1, 0.15) is 5.82 Å². The second-order valence-electron chi connectivity index (χ2n) is 2.62. The molecule has 0 aliphatic heterocycles. The molecule has 1 aromatic heterocycles. The zero-order valence-electron chi connectivity index (χ0n) is 7.67. The van der Waals surface area contributed by atoms with Crippen molar-refractivity contribution in [3.8, 4) is 0 Å². The fourth-order valence-electron chi connectivity index (χ4n) is 1.29. The van der Waals surface area contributed by atoms with Crippen LogP contribution in [0.1, 0.15) is 24.1 Å². The Morgan fingerprint density at radius 1 is 1.42 bits per heavy atom. The maximum absolute atomic E-state index is 4.39. The molecule has 2 nitrogen and oxygen atoms in total. The van der Waals surface area contributed by atoms with Crippen LogP contribution in [-0.2, 0) is 13.5 Å². The highest BCUT2D eigenvalue weighted by Gasteiger charge is 2.06. The van der Waals surface area contributed by atoms with E-state index in [4.69, 9.17) is 0 Å². The number of hydrogen-bond acceptors (Lipinski definition) is 1. The number of hydrogen-bond donors (Lipinski definition) is 0.